The first-order valence-electron chi connectivity index (χ1n) is 7.62. The van der Waals surface area contributed by atoms with Crippen LogP contribution >= 0.6 is 0 Å². The Balaban J connectivity index is 2.29. The number of aromatic nitrogens is 2. The van der Waals surface area contributed by atoms with Gasteiger partial charge in [0.15, 0.2) is 0 Å². The van der Waals surface area contributed by atoms with E-state index in [1.165, 1.54) is 31.2 Å². The lowest BCUT2D eigenvalue weighted by atomic mass is 10.1. The smallest absolute Gasteiger partial charge is 0.227 e. The predicted octanol–water partition coefficient (Wildman–Crippen LogP) is 3.16. The summed E-state index contributed by atoms with van der Waals surface area (Å²) in [6.45, 7) is 9.47. The van der Waals surface area contributed by atoms with E-state index in [1.807, 2.05) is 0 Å². The molecule has 0 aromatic carbocycles. The molecule has 0 unspecified atom stereocenters. The molecule has 2 rings (SSSR count). The summed E-state index contributed by atoms with van der Waals surface area (Å²) >= 11 is 0. The number of rotatable bonds is 4. The molecule has 1 fully saturated rings. The maximum absolute atomic E-state index is 4.76. The predicted molar refractivity (Wildman–Crippen MR) is 81.0 cm³/mol. The van der Waals surface area contributed by atoms with Crippen molar-refractivity contribution in [3.63, 3.8) is 0 Å². The number of anilines is 2. The second-order valence-electron chi connectivity index (χ2n) is 5.22. The average molecular weight is 262 g/mol. The van der Waals surface area contributed by atoms with Crippen molar-refractivity contribution in [3.05, 3.63) is 11.3 Å². The molecule has 0 aliphatic carbocycles. The summed E-state index contributed by atoms with van der Waals surface area (Å²) in [5.74, 6) is 1.93. The summed E-state index contributed by atoms with van der Waals surface area (Å²) in [7, 11) is 0. The van der Waals surface area contributed by atoms with Crippen LogP contribution in [-0.4, -0.2) is 29.6 Å². The van der Waals surface area contributed by atoms with E-state index in [9.17, 15) is 0 Å². The minimum absolute atomic E-state index is 0.906. The molecule has 0 radical (unpaired) electrons. The molecule has 1 aliphatic rings. The molecule has 0 spiro atoms. The van der Waals surface area contributed by atoms with Gasteiger partial charge in [0.1, 0.15) is 5.82 Å². The third-order valence-electron chi connectivity index (χ3n) is 3.79. The highest BCUT2D eigenvalue weighted by atomic mass is 15.3. The molecule has 1 aliphatic heterocycles. The minimum Gasteiger partial charge on any atom is -0.370 e. The van der Waals surface area contributed by atoms with Crippen LogP contribution in [0.4, 0.5) is 11.8 Å². The molecule has 19 heavy (non-hydrogen) atoms. The fourth-order valence-corrected chi connectivity index (χ4v) is 2.73. The summed E-state index contributed by atoms with van der Waals surface area (Å²) in [6.07, 6.45) is 6.17. The van der Waals surface area contributed by atoms with E-state index in [2.05, 4.69) is 31.0 Å². The van der Waals surface area contributed by atoms with Crippen LogP contribution in [0.15, 0.2) is 0 Å². The first-order chi connectivity index (χ1) is 9.26. The number of nitrogens with one attached hydrogen (secondary N) is 1. The highest BCUT2D eigenvalue weighted by Gasteiger charge is 2.16. The van der Waals surface area contributed by atoms with Gasteiger partial charge in [-0.15, -0.1) is 0 Å². The molecule has 0 atom stereocenters. The zero-order valence-corrected chi connectivity index (χ0v) is 12.5. The highest BCUT2D eigenvalue weighted by Crippen LogP contribution is 2.22. The van der Waals surface area contributed by atoms with Crippen LogP contribution in [0.25, 0.3) is 0 Å². The molecule has 1 N–H and O–H groups in total. The van der Waals surface area contributed by atoms with Gasteiger partial charge in [-0.05, 0) is 33.1 Å². The van der Waals surface area contributed by atoms with Crippen molar-refractivity contribution in [2.45, 2.75) is 52.9 Å². The van der Waals surface area contributed by atoms with E-state index in [-0.39, 0.29) is 0 Å². The third-order valence-corrected chi connectivity index (χ3v) is 3.79. The Morgan fingerprint density at radius 2 is 1.74 bits per heavy atom. The first-order valence-corrected chi connectivity index (χ1v) is 7.62. The maximum Gasteiger partial charge on any atom is 0.227 e. The Hall–Kier alpha value is -1.32. The van der Waals surface area contributed by atoms with Crippen LogP contribution in [0.2, 0.25) is 0 Å². The topological polar surface area (TPSA) is 41.1 Å². The van der Waals surface area contributed by atoms with E-state index in [0.29, 0.717) is 0 Å². The van der Waals surface area contributed by atoms with Crippen molar-refractivity contribution < 1.29 is 0 Å². The Kier molecular flexibility index (Phi) is 5.00. The molecule has 4 heteroatoms. The van der Waals surface area contributed by atoms with E-state index >= 15 is 0 Å². The van der Waals surface area contributed by atoms with Crippen LogP contribution in [0.1, 0.15) is 50.8 Å². The summed E-state index contributed by atoms with van der Waals surface area (Å²) in [5, 5.41) is 3.39. The summed E-state index contributed by atoms with van der Waals surface area (Å²) in [4.78, 5) is 11.8. The van der Waals surface area contributed by atoms with Crippen molar-refractivity contribution in [3.8, 4) is 0 Å². The number of hydrogen-bond acceptors (Lipinski definition) is 4. The molecule has 0 bridgehead atoms. The van der Waals surface area contributed by atoms with E-state index < -0.39 is 0 Å². The Morgan fingerprint density at radius 3 is 2.32 bits per heavy atom. The van der Waals surface area contributed by atoms with Gasteiger partial charge in [-0.2, -0.15) is 4.98 Å². The first kappa shape index (κ1) is 14.1. The molecule has 1 saturated heterocycles. The van der Waals surface area contributed by atoms with Crippen LogP contribution in [0.3, 0.4) is 0 Å². The second kappa shape index (κ2) is 6.73. The SMILES string of the molecule is CCNc1nc(N2CCCCCC2)nc(C)c1CC. The van der Waals surface area contributed by atoms with Gasteiger partial charge in [-0.25, -0.2) is 4.98 Å². The van der Waals surface area contributed by atoms with E-state index in [1.54, 1.807) is 0 Å². The van der Waals surface area contributed by atoms with Gasteiger partial charge in [0, 0.05) is 30.9 Å². The molecular formula is C15H26N4. The van der Waals surface area contributed by atoms with Crippen LogP contribution < -0.4 is 10.2 Å². The molecule has 0 amide bonds. The Morgan fingerprint density at radius 1 is 1.05 bits per heavy atom. The quantitative estimate of drug-likeness (QED) is 0.905. The van der Waals surface area contributed by atoms with Crippen LogP contribution in [0, 0.1) is 6.92 Å². The fraction of sp³-hybridized carbons (Fsp3) is 0.733. The molecular weight excluding hydrogens is 236 g/mol. The zero-order valence-electron chi connectivity index (χ0n) is 12.5. The second-order valence-corrected chi connectivity index (χ2v) is 5.22. The van der Waals surface area contributed by atoms with Gasteiger partial charge in [0.05, 0.1) is 0 Å². The number of hydrogen-bond donors (Lipinski definition) is 1. The monoisotopic (exact) mass is 262 g/mol. The van der Waals surface area contributed by atoms with Crippen LogP contribution in [-0.2, 0) is 6.42 Å². The molecule has 0 saturated carbocycles. The van der Waals surface area contributed by atoms with Crippen molar-refractivity contribution >= 4 is 11.8 Å². The zero-order chi connectivity index (χ0) is 13.7. The van der Waals surface area contributed by atoms with E-state index in [4.69, 9.17) is 9.97 Å². The Labute approximate surface area is 116 Å². The van der Waals surface area contributed by atoms with Gasteiger partial charge < -0.3 is 10.2 Å². The molecule has 4 nitrogen and oxygen atoms in total. The van der Waals surface area contributed by atoms with Crippen molar-refractivity contribution in [2.24, 2.45) is 0 Å². The number of aryl methyl sites for hydroxylation is 1. The standard InChI is InChI=1S/C15H26N4/c1-4-13-12(3)17-15(18-14(13)16-5-2)19-10-8-6-7-9-11-19/h4-11H2,1-3H3,(H,16,17,18). The van der Waals surface area contributed by atoms with Crippen molar-refractivity contribution in [2.75, 3.05) is 29.9 Å². The fourth-order valence-electron chi connectivity index (χ4n) is 2.73. The van der Waals surface area contributed by atoms with Gasteiger partial charge >= 0.3 is 0 Å². The van der Waals surface area contributed by atoms with Gasteiger partial charge in [0.25, 0.3) is 0 Å². The molecule has 106 valence electrons. The van der Waals surface area contributed by atoms with E-state index in [0.717, 1.165) is 43.5 Å². The lowest BCUT2D eigenvalue weighted by Crippen LogP contribution is -2.27. The summed E-state index contributed by atoms with van der Waals surface area (Å²) < 4.78 is 0. The average Bonchev–Trinajstić information content (AvgIpc) is 2.67. The lowest BCUT2D eigenvalue weighted by molar-refractivity contribution is 0.726. The highest BCUT2D eigenvalue weighted by molar-refractivity contribution is 5.51. The largest absolute Gasteiger partial charge is 0.370 e. The van der Waals surface area contributed by atoms with Crippen LogP contribution in [0.5, 0.6) is 0 Å². The molecule has 1 aromatic heterocycles. The Bertz CT molecular complexity index is 409. The van der Waals surface area contributed by atoms with Gasteiger partial charge in [-0.1, -0.05) is 19.8 Å². The molecule has 1 aromatic rings. The van der Waals surface area contributed by atoms with Crippen molar-refractivity contribution in [1.82, 2.24) is 9.97 Å². The number of nitrogens with zero attached hydrogens (tertiary/aromatic N) is 3. The lowest BCUT2D eigenvalue weighted by Gasteiger charge is -2.22. The normalized spacial score (nSPS) is 16.3. The third kappa shape index (κ3) is 3.37. The summed E-state index contributed by atoms with van der Waals surface area (Å²) in [5.41, 5.74) is 2.37. The summed E-state index contributed by atoms with van der Waals surface area (Å²) in [6, 6.07) is 0. The van der Waals surface area contributed by atoms with Crippen molar-refractivity contribution in [1.29, 1.82) is 0 Å². The minimum atomic E-state index is 0.906. The van der Waals surface area contributed by atoms with Gasteiger partial charge in [-0.3, -0.25) is 0 Å². The maximum atomic E-state index is 4.76. The molecule has 2 heterocycles. The van der Waals surface area contributed by atoms with Gasteiger partial charge in [0.2, 0.25) is 5.95 Å².